The third-order valence-corrected chi connectivity index (χ3v) is 6.88. The third-order valence-electron chi connectivity index (χ3n) is 5.40. The van der Waals surface area contributed by atoms with Crippen molar-refractivity contribution in [2.45, 2.75) is 51.5 Å². The lowest BCUT2D eigenvalue weighted by Gasteiger charge is -2.33. The molecule has 0 heterocycles. The second-order valence-corrected chi connectivity index (χ2v) is 10.7. The first-order valence-corrected chi connectivity index (χ1v) is 12.7. The second-order valence-electron chi connectivity index (χ2n) is 8.74. The van der Waals surface area contributed by atoms with Crippen LogP contribution in [0.1, 0.15) is 45.6 Å². The van der Waals surface area contributed by atoms with Crippen molar-refractivity contribution in [3.8, 4) is 5.75 Å². The Labute approximate surface area is 200 Å². The SMILES string of the molecule is CC(=O)Nc1ccc(S(=O)(=O)Oc2ccc(Cl)cc2CN(CC(C)C)C(=O)C2CCC2)cc1. The fraction of sp³-hybridized carbons (Fsp3) is 0.417. The zero-order chi connectivity index (χ0) is 24.2. The predicted octanol–water partition coefficient (Wildman–Crippen LogP) is 4.85. The highest BCUT2D eigenvalue weighted by molar-refractivity contribution is 7.87. The van der Waals surface area contributed by atoms with E-state index in [-0.39, 0.29) is 40.8 Å². The molecule has 33 heavy (non-hydrogen) atoms. The van der Waals surface area contributed by atoms with Gasteiger partial charge < -0.3 is 14.4 Å². The largest absolute Gasteiger partial charge is 0.379 e. The molecule has 0 saturated heterocycles. The molecular formula is C24H29ClN2O5S. The predicted molar refractivity (Wildman–Crippen MR) is 128 cm³/mol. The minimum atomic E-state index is -4.14. The molecule has 1 aliphatic rings. The van der Waals surface area contributed by atoms with Crippen LogP contribution in [-0.2, 0) is 26.3 Å². The van der Waals surface area contributed by atoms with Crippen molar-refractivity contribution < 1.29 is 22.2 Å². The molecule has 0 spiro atoms. The van der Waals surface area contributed by atoms with E-state index in [0.717, 1.165) is 19.3 Å². The number of nitrogens with one attached hydrogen (secondary N) is 1. The summed E-state index contributed by atoms with van der Waals surface area (Å²) in [5.41, 5.74) is 1.00. The molecule has 0 unspecified atom stereocenters. The van der Waals surface area contributed by atoms with Crippen LogP contribution >= 0.6 is 11.6 Å². The maximum atomic E-state index is 13.0. The maximum Gasteiger partial charge on any atom is 0.339 e. The normalized spacial score (nSPS) is 14.0. The Balaban J connectivity index is 1.85. The summed E-state index contributed by atoms with van der Waals surface area (Å²) in [6.45, 7) is 6.20. The molecule has 1 aliphatic carbocycles. The first-order chi connectivity index (χ1) is 15.5. The molecule has 0 aliphatic heterocycles. The van der Waals surface area contributed by atoms with Crippen molar-refractivity contribution in [2.24, 2.45) is 11.8 Å². The molecular weight excluding hydrogens is 464 g/mol. The number of carbonyl (C=O) groups excluding carboxylic acids is 2. The van der Waals surface area contributed by atoms with E-state index >= 15 is 0 Å². The monoisotopic (exact) mass is 492 g/mol. The molecule has 1 fully saturated rings. The zero-order valence-electron chi connectivity index (χ0n) is 19.0. The van der Waals surface area contributed by atoms with Crippen LogP contribution < -0.4 is 9.50 Å². The Morgan fingerprint density at radius 1 is 1.15 bits per heavy atom. The van der Waals surface area contributed by atoms with Crippen LogP contribution in [0.25, 0.3) is 0 Å². The van der Waals surface area contributed by atoms with Gasteiger partial charge in [-0.25, -0.2) is 0 Å². The van der Waals surface area contributed by atoms with Crippen LogP contribution in [0, 0.1) is 11.8 Å². The van der Waals surface area contributed by atoms with Crippen molar-refractivity contribution in [2.75, 3.05) is 11.9 Å². The summed E-state index contributed by atoms with van der Waals surface area (Å²) in [7, 11) is -4.14. The van der Waals surface area contributed by atoms with Crippen molar-refractivity contribution in [3.63, 3.8) is 0 Å². The highest BCUT2D eigenvalue weighted by Gasteiger charge is 2.30. The molecule has 2 aromatic rings. The highest BCUT2D eigenvalue weighted by atomic mass is 35.5. The number of anilines is 1. The van der Waals surface area contributed by atoms with Crippen molar-refractivity contribution >= 4 is 39.2 Å². The molecule has 0 aromatic heterocycles. The van der Waals surface area contributed by atoms with E-state index in [2.05, 4.69) is 5.32 Å². The fourth-order valence-corrected chi connectivity index (χ4v) is 4.78. The van der Waals surface area contributed by atoms with Gasteiger partial charge >= 0.3 is 10.1 Å². The van der Waals surface area contributed by atoms with Gasteiger partial charge in [0.15, 0.2) is 0 Å². The number of nitrogens with zero attached hydrogens (tertiary/aromatic N) is 1. The van der Waals surface area contributed by atoms with Gasteiger partial charge in [0.1, 0.15) is 10.6 Å². The average molecular weight is 493 g/mol. The van der Waals surface area contributed by atoms with E-state index in [1.807, 2.05) is 13.8 Å². The van der Waals surface area contributed by atoms with Crippen LogP contribution in [-0.4, -0.2) is 31.7 Å². The summed E-state index contributed by atoms with van der Waals surface area (Å²) in [5, 5.41) is 3.01. The standard InChI is InChI=1S/C24H29ClN2O5S/c1-16(2)14-27(24(29)18-5-4-6-18)15-19-13-20(25)7-12-23(19)32-33(30,31)22-10-8-21(9-11-22)26-17(3)28/h7-13,16,18H,4-6,14-15H2,1-3H3,(H,26,28). The Kier molecular flexibility index (Phi) is 8.02. The molecule has 2 amide bonds. The minimum Gasteiger partial charge on any atom is -0.379 e. The van der Waals surface area contributed by atoms with Crippen LogP contribution in [0.4, 0.5) is 5.69 Å². The summed E-state index contributed by atoms with van der Waals surface area (Å²) in [4.78, 5) is 25.9. The average Bonchev–Trinajstić information content (AvgIpc) is 2.67. The molecule has 0 atom stereocenters. The van der Waals surface area contributed by atoms with Gasteiger partial charge in [-0.1, -0.05) is 31.9 Å². The van der Waals surface area contributed by atoms with E-state index in [0.29, 0.717) is 22.8 Å². The van der Waals surface area contributed by atoms with E-state index in [1.165, 1.54) is 37.3 Å². The third kappa shape index (κ3) is 6.71. The van der Waals surface area contributed by atoms with Crippen LogP contribution in [0.15, 0.2) is 47.4 Å². The van der Waals surface area contributed by atoms with Crippen molar-refractivity contribution in [1.29, 1.82) is 0 Å². The maximum absolute atomic E-state index is 13.0. The summed E-state index contributed by atoms with van der Waals surface area (Å²) < 4.78 is 31.3. The Morgan fingerprint density at radius 2 is 1.82 bits per heavy atom. The first kappa shape index (κ1) is 25.1. The van der Waals surface area contributed by atoms with Crippen LogP contribution in [0.2, 0.25) is 5.02 Å². The second kappa shape index (κ2) is 10.6. The lowest BCUT2D eigenvalue weighted by atomic mass is 9.84. The van der Waals surface area contributed by atoms with Gasteiger partial charge in [0.25, 0.3) is 0 Å². The summed E-state index contributed by atoms with van der Waals surface area (Å²) in [5.74, 6) is 0.231. The van der Waals surface area contributed by atoms with Gasteiger partial charge in [-0.2, -0.15) is 8.42 Å². The van der Waals surface area contributed by atoms with Gasteiger partial charge in [0.2, 0.25) is 11.8 Å². The van der Waals surface area contributed by atoms with Gasteiger partial charge in [-0.05, 0) is 61.2 Å². The van der Waals surface area contributed by atoms with Gasteiger partial charge in [-0.3, -0.25) is 9.59 Å². The Morgan fingerprint density at radius 3 is 2.36 bits per heavy atom. The van der Waals surface area contributed by atoms with Crippen LogP contribution in [0.3, 0.4) is 0 Å². The van der Waals surface area contributed by atoms with E-state index in [9.17, 15) is 18.0 Å². The summed E-state index contributed by atoms with van der Waals surface area (Å²) in [6, 6.07) is 10.4. The molecule has 178 valence electrons. The topological polar surface area (TPSA) is 92.8 Å². The first-order valence-electron chi connectivity index (χ1n) is 10.9. The van der Waals surface area contributed by atoms with Gasteiger partial charge in [0, 0.05) is 42.2 Å². The Bertz CT molecular complexity index is 1110. The molecule has 3 rings (SSSR count). The minimum absolute atomic E-state index is 0.0261. The molecule has 2 aromatic carbocycles. The van der Waals surface area contributed by atoms with Gasteiger partial charge in [0.05, 0.1) is 0 Å². The lowest BCUT2D eigenvalue weighted by Crippen LogP contribution is -2.40. The van der Waals surface area contributed by atoms with E-state index < -0.39 is 10.1 Å². The van der Waals surface area contributed by atoms with Crippen molar-refractivity contribution in [1.82, 2.24) is 4.90 Å². The molecule has 0 radical (unpaired) electrons. The van der Waals surface area contributed by atoms with Crippen molar-refractivity contribution in [3.05, 3.63) is 53.1 Å². The van der Waals surface area contributed by atoms with E-state index in [1.54, 1.807) is 17.0 Å². The zero-order valence-corrected chi connectivity index (χ0v) is 20.6. The summed E-state index contributed by atoms with van der Waals surface area (Å²) in [6.07, 6.45) is 2.82. The molecule has 7 nitrogen and oxygen atoms in total. The van der Waals surface area contributed by atoms with E-state index in [4.69, 9.17) is 15.8 Å². The number of benzene rings is 2. The molecule has 1 N–H and O–H groups in total. The molecule has 0 bridgehead atoms. The smallest absolute Gasteiger partial charge is 0.339 e. The number of carbonyl (C=O) groups is 2. The number of halogens is 1. The van der Waals surface area contributed by atoms with Crippen LogP contribution in [0.5, 0.6) is 5.75 Å². The number of rotatable bonds is 9. The highest BCUT2D eigenvalue weighted by Crippen LogP contribution is 2.32. The number of amides is 2. The fourth-order valence-electron chi connectivity index (χ4n) is 3.62. The molecule has 1 saturated carbocycles. The quantitative estimate of drug-likeness (QED) is 0.505. The Hall–Kier alpha value is -2.58. The summed E-state index contributed by atoms with van der Waals surface area (Å²) >= 11 is 6.19. The molecule has 9 heteroatoms. The number of hydrogen-bond acceptors (Lipinski definition) is 5. The number of hydrogen-bond donors (Lipinski definition) is 1. The lowest BCUT2D eigenvalue weighted by molar-refractivity contribution is -0.139. The van der Waals surface area contributed by atoms with Gasteiger partial charge in [-0.15, -0.1) is 0 Å².